The van der Waals surface area contributed by atoms with Crippen LogP contribution < -0.4 is 15.0 Å². The minimum atomic E-state index is -0.398. The van der Waals surface area contributed by atoms with Crippen molar-refractivity contribution < 1.29 is 14.5 Å². The highest BCUT2D eigenvalue weighted by Gasteiger charge is 2.33. The highest BCUT2D eigenvalue weighted by atomic mass is 16.6. The van der Waals surface area contributed by atoms with Crippen LogP contribution in [0.5, 0.6) is 5.75 Å². The molecule has 0 radical (unpaired) electrons. The molecule has 1 aromatic heterocycles. The first-order chi connectivity index (χ1) is 13.6. The Morgan fingerprint density at radius 1 is 1.21 bits per heavy atom. The number of nitrogens with one attached hydrogen (secondary N) is 1. The molecule has 1 aliphatic carbocycles. The number of anilines is 2. The number of benzene rings is 1. The highest BCUT2D eigenvalue weighted by Crippen LogP contribution is 2.42. The summed E-state index contributed by atoms with van der Waals surface area (Å²) in [7, 11) is 0. The van der Waals surface area contributed by atoms with E-state index in [1.54, 1.807) is 6.07 Å². The van der Waals surface area contributed by atoms with Gasteiger partial charge in [0.2, 0.25) is 0 Å². The fraction of sp³-hybridized carbons (Fsp3) is 0.500. The van der Waals surface area contributed by atoms with Gasteiger partial charge in [0, 0.05) is 25.0 Å². The van der Waals surface area contributed by atoms with Crippen LogP contribution in [-0.2, 0) is 4.79 Å². The molecule has 0 bridgehead atoms. The summed E-state index contributed by atoms with van der Waals surface area (Å²) in [6, 6.07) is 3.59. The minimum Gasteiger partial charge on any atom is -0.481 e. The normalized spacial score (nSPS) is 19.7. The molecule has 2 aromatic rings. The van der Waals surface area contributed by atoms with Crippen molar-refractivity contribution in [2.45, 2.75) is 37.6 Å². The number of rotatable bonds is 4. The minimum absolute atomic E-state index is 0.00510. The zero-order valence-corrected chi connectivity index (χ0v) is 15.2. The van der Waals surface area contributed by atoms with Gasteiger partial charge in [-0.05, 0) is 31.7 Å². The van der Waals surface area contributed by atoms with Gasteiger partial charge < -0.3 is 19.5 Å². The second-order valence-corrected chi connectivity index (χ2v) is 7.52. The molecule has 146 valence electrons. The van der Waals surface area contributed by atoms with E-state index in [4.69, 9.17) is 4.74 Å². The fourth-order valence-electron chi connectivity index (χ4n) is 4.06. The highest BCUT2D eigenvalue weighted by molar-refractivity contribution is 5.97. The number of hydrogen-bond acceptors (Lipinski definition) is 7. The van der Waals surface area contributed by atoms with Gasteiger partial charge in [-0.15, -0.1) is 10.2 Å². The molecule has 0 atom stereocenters. The van der Waals surface area contributed by atoms with E-state index < -0.39 is 4.92 Å². The van der Waals surface area contributed by atoms with Crippen LogP contribution in [0.2, 0.25) is 0 Å². The third-order valence-electron chi connectivity index (χ3n) is 5.65. The molecule has 0 spiro atoms. The predicted octanol–water partition coefficient (Wildman–Crippen LogP) is 2.24. The van der Waals surface area contributed by atoms with Crippen LogP contribution in [0.25, 0.3) is 0 Å². The average Bonchev–Trinajstić information content (AvgIpc) is 3.43. The molecule has 1 amide bonds. The van der Waals surface area contributed by atoms with Gasteiger partial charge >= 0.3 is 0 Å². The SMILES string of the molecule is O=C1COc2cc([N+](=O)[O-])c(N3CCC(c4nncn4C4CC4)CC3)cc2N1. The second-order valence-electron chi connectivity index (χ2n) is 7.52. The maximum Gasteiger partial charge on any atom is 0.296 e. The summed E-state index contributed by atoms with van der Waals surface area (Å²) >= 11 is 0. The van der Waals surface area contributed by atoms with Gasteiger partial charge in [0.1, 0.15) is 17.8 Å². The Balaban J connectivity index is 1.38. The molecular formula is C18H20N6O4. The van der Waals surface area contributed by atoms with Crippen molar-refractivity contribution in [1.29, 1.82) is 0 Å². The van der Waals surface area contributed by atoms with E-state index in [-0.39, 0.29) is 18.2 Å². The van der Waals surface area contributed by atoms with Gasteiger partial charge in [0.15, 0.2) is 12.4 Å². The average molecular weight is 384 g/mol. The third-order valence-corrected chi connectivity index (χ3v) is 5.65. The van der Waals surface area contributed by atoms with Crippen molar-refractivity contribution >= 4 is 23.0 Å². The summed E-state index contributed by atoms with van der Waals surface area (Å²) in [5.41, 5.74) is 0.985. The van der Waals surface area contributed by atoms with Crippen molar-refractivity contribution in [3.05, 3.63) is 34.4 Å². The third kappa shape index (κ3) is 2.94. The molecule has 1 aromatic carbocycles. The Morgan fingerprint density at radius 3 is 2.71 bits per heavy atom. The Hall–Kier alpha value is -3.17. The fourth-order valence-corrected chi connectivity index (χ4v) is 4.06. The van der Waals surface area contributed by atoms with E-state index in [0.717, 1.165) is 18.7 Å². The van der Waals surface area contributed by atoms with Crippen LogP contribution in [-0.4, -0.2) is 45.3 Å². The maximum atomic E-state index is 11.6. The molecule has 1 saturated heterocycles. The van der Waals surface area contributed by atoms with Crippen LogP contribution in [0.1, 0.15) is 43.5 Å². The molecule has 1 saturated carbocycles. The van der Waals surface area contributed by atoms with Crippen molar-refractivity contribution in [2.75, 3.05) is 29.9 Å². The molecule has 3 aliphatic rings. The van der Waals surface area contributed by atoms with Crippen LogP contribution in [0.15, 0.2) is 18.5 Å². The van der Waals surface area contributed by atoms with Crippen molar-refractivity contribution in [3.8, 4) is 5.75 Å². The van der Waals surface area contributed by atoms with E-state index >= 15 is 0 Å². The smallest absolute Gasteiger partial charge is 0.296 e. The lowest BCUT2D eigenvalue weighted by molar-refractivity contribution is -0.384. The largest absolute Gasteiger partial charge is 0.481 e. The molecule has 10 nitrogen and oxygen atoms in total. The van der Waals surface area contributed by atoms with Gasteiger partial charge in [-0.1, -0.05) is 0 Å². The van der Waals surface area contributed by atoms with Crippen LogP contribution in [0.4, 0.5) is 17.1 Å². The first-order valence-electron chi connectivity index (χ1n) is 9.49. The number of hydrogen-bond donors (Lipinski definition) is 1. The van der Waals surface area contributed by atoms with E-state index in [0.29, 0.717) is 42.2 Å². The Morgan fingerprint density at radius 2 is 2.00 bits per heavy atom. The van der Waals surface area contributed by atoms with Gasteiger partial charge in [0.25, 0.3) is 11.6 Å². The van der Waals surface area contributed by atoms with Crippen LogP contribution in [0, 0.1) is 10.1 Å². The van der Waals surface area contributed by atoms with Gasteiger partial charge in [-0.3, -0.25) is 14.9 Å². The molecule has 28 heavy (non-hydrogen) atoms. The number of amides is 1. The molecule has 5 rings (SSSR count). The number of carbonyl (C=O) groups excluding carboxylic acids is 1. The molecule has 3 heterocycles. The lowest BCUT2D eigenvalue weighted by Crippen LogP contribution is -2.34. The lowest BCUT2D eigenvalue weighted by Gasteiger charge is -2.33. The molecule has 2 fully saturated rings. The Bertz CT molecular complexity index is 946. The van der Waals surface area contributed by atoms with E-state index in [1.165, 1.54) is 18.9 Å². The van der Waals surface area contributed by atoms with Crippen molar-refractivity contribution in [3.63, 3.8) is 0 Å². The van der Waals surface area contributed by atoms with E-state index in [9.17, 15) is 14.9 Å². The zero-order chi connectivity index (χ0) is 19.3. The van der Waals surface area contributed by atoms with Gasteiger partial charge in [-0.25, -0.2) is 0 Å². The second kappa shape index (κ2) is 6.47. The number of nitrogens with zero attached hydrogens (tertiary/aromatic N) is 5. The molecule has 2 aliphatic heterocycles. The number of nitro benzene ring substituents is 1. The van der Waals surface area contributed by atoms with Gasteiger partial charge in [0.05, 0.1) is 16.7 Å². The molecule has 1 N–H and O–H groups in total. The first-order valence-corrected chi connectivity index (χ1v) is 9.49. The Labute approximate surface area is 160 Å². The summed E-state index contributed by atoms with van der Waals surface area (Å²) in [5, 5.41) is 22.8. The number of piperidine rings is 1. The van der Waals surface area contributed by atoms with Gasteiger partial charge in [-0.2, -0.15) is 0 Å². The van der Waals surface area contributed by atoms with Crippen molar-refractivity contribution in [2.24, 2.45) is 0 Å². The zero-order valence-electron chi connectivity index (χ0n) is 15.2. The van der Waals surface area contributed by atoms with E-state index in [1.807, 2.05) is 11.2 Å². The molecule has 10 heteroatoms. The number of nitro groups is 1. The Kier molecular flexibility index (Phi) is 3.92. The first kappa shape index (κ1) is 17.0. The summed E-state index contributed by atoms with van der Waals surface area (Å²) in [6.45, 7) is 1.23. The summed E-state index contributed by atoms with van der Waals surface area (Å²) in [6.07, 6.45) is 5.87. The van der Waals surface area contributed by atoms with Crippen LogP contribution in [0.3, 0.4) is 0 Å². The summed E-state index contributed by atoms with van der Waals surface area (Å²) in [4.78, 5) is 24.8. The van der Waals surface area contributed by atoms with E-state index in [2.05, 4.69) is 20.1 Å². The monoisotopic (exact) mass is 384 g/mol. The summed E-state index contributed by atoms with van der Waals surface area (Å²) in [5.74, 6) is 1.41. The van der Waals surface area contributed by atoms with Crippen molar-refractivity contribution in [1.82, 2.24) is 14.8 Å². The predicted molar refractivity (Wildman–Crippen MR) is 99.7 cm³/mol. The number of carbonyl (C=O) groups is 1. The molecular weight excluding hydrogens is 364 g/mol. The standard InChI is InChI=1S/C18H20N6O4/c25-17-9-28-16-8-15(24(26)27)14(7-13(16)20-17)22-5-3-11(4-6-22)18-21-19-10-23(18)12-1-2-12/h7-8,10-12H,1-6,9H2,(H,20,25). The number of aromatic nitrogens is 3. The molecule has 0 unspecified atom stereocenters. The quantitative estimate of drug-likeness (QED) is 0.635. The number of ether oxygens (including phenoxy) is 1. The lowest BCUT2D eigenvalue weighted by atomic mass is 9.95. The summed E-state index contributed by atoms with van der Waals surface area (Å²) < 4.78 is 7.51. The van der Waals surface area contributed by atoms with Crippen LogP contribution >= 0.6 is 0 Å². The topological polar surface area (TPSA) is 115 Å². The number of fused-ring (bicyclic) bond motifs is 1. The maximum absolute atomic E-state index is 11.6.